The van der Waals surface area contributed by atoms with E-state index >= 15 is 0 Å². The number of fused-ring (bicyclic) bond motifs is 1. The number of nitrogens with one attached hydrogen (secondary N) is 2. The first-order valence-corrected chi connectivity index (χ1v) is 8.67. The van der Waals surface area contributed by atoms with Crippen LogP contribution < -0.4 is 20.1 Å². The molecule has 2 atom stereocenters. The Labute approximate surface area is 156 Å². The Morgan fingerprint density at radius 2 is 2.04 bits per heavy atom. The van der Waals surface area contributed by atoms with Crippen molar-refractivity contribution >= 4 is 17.8 Å². The molecule has 1 saturated heterocycles. The monoisotopic (exact) mass is 377 g/mol. The lowest BCUT2D eigenvalue weighted by Crippen LogP contribution is -2.45. The van der Waals surface area contributed by atoms with Crippen molar-refractivity contribution in [3.63, 3.8) is 0 Å². The minimum atomic E-state index is -1.29. The van der Waals surface area contributed by atoms with E-state index in [9.17, 15) is 14.4 Å². The van der Waals surface area contributed by atoms with Crippen molar-refractivity contribution < 1.29 is 28.6 Å². The van der Waals surface area contributed by atoms with Gasteiger partial charge >= 0.3 is 6.03 Å². The molecular formula is C18H23N3O6. The molecule has 3 rings (SSSR count). The van der Waals surface area contributed by atoms with Crippen LogP contribution in [0.3, 0.4) is 0 Å². The summed E-state index contributed by atoms with van der Waals surface area (Å²) >= 11 is 0. The Morgan fingerprint density at radius 1 is 1.33 bits per heavy atom. The van der Waals surface area contributed by atoms with Crippen LogP contribution in [-0.2, 0) is 19.9 Å². The van der Waals surface area contributed by atoms with Crippen molar-refractivity contribution in [2.45, 2.75) is 25.4 Å². The van der Waals surface area contributed by atoms with Crippen molar-refractivity contribution in [2.75, 3.05) is 33.5 Å². The SMILES string of the molecule is COC[C@@H](C)NC(=O)CN1C(=O)N[C@](C)(c2ccc3c(c2)OCCO3)C1=O. The summed E-state index contributed by atoms with van der Waals surface area (Å²) in [6, 6.07) is 4.24. The molecule has 146 valence electrons. The van der Waals surface area contributed by atoms with Gasteiger partial charge in [0.05, 0.1) is 6.61 Å². The van der Waals surface area contributed by atoms with E-state index in [1.165, 1.54) is 7.11 Å². The zero-order valence-electron chi connectivity index (χ0n) is 15.5. The maximum Gasteiger partial charge on any atom is 0.325 e. The van der Waals surface area contributed by atoms with Gasteiger partial charge in [-0.25, -0.2) is 4.79 Å². The number of carbonyl (C=O) groups excluding carboxylic acids is 3. The van der Waals surface area contributed by atoms with Crippen LogP contribution in [-0.4, -0.2) is 62.3 Å². The summed E-state index contributed by atoms with van der Waals surface area (Å²) in [5.41, 5.74) is -0.730. The van der Waals surface area contributed by atoms with Crippen molar-refractivity contribution in [3.05, 3.63) is 23.8 Å². The number of methoxy groups -OCH3 is 1. The van der Waals surface area contributed by atoms with Gasteiger partial charge in [-0.2, -0.15) is 0 Å². The number of urea groups is 1. The number of benzene rings is 1. The van der Waals surface area contributed by atoms with Crippen LogP contribution in [0.4, 0.5) is 4.79 Å². The van der Waals surface area contributed by atoms with Crippen LogP contribution >= 0.6 is 0 Å². The van der Waals surface area contributed by atoms with Crippen LogP contribution in [0.5, 0.6) is 11.5 Å². The molecule has 1 aromatic rings. The molecule has 0 bridgehead atoms. The normalized spacial score (nSPS) is 22.4. The highest BCUT2D eigenvalue weighted by atomic mass is 16.6. The van der Waals surface area contributed by atoms with Gasteiger partial charge in [-0.1, -0.05) is 6.07 Å². The Morgan fingerprint density at radius 3 is 2.74 bits per heavy atom. The number of hydrogen-bond acceptors (Lipinski definition) is 6. The summed E-state index contributed by atoms with van der Waals surface area (Å²) in [6.07, 6.45) is 0. The fraction of sp³-hybridized carbons (Fsp3) is 0.500. The van der Waals surface area contributed by atoms with Gasteiger partial charge in [-0.05, 0) is 31.5 Å². The van der Waals surface area contributed by atoms with Crippen LogP contribution in [0.2, 0.25) is 0 Å². The number of hydrogen-bond donors (Lipinski definition) is 2. The summed E-state index contributed by atoms with van der Waals surface area (Å²) < 4.78 is 16.0. The van der Waals surface area contributed by atoms with E-state index < -0.39 is 23.4 Å². The summed E-state index contributed by atoms with van der Waals surface area (Å²) in [5, 5.41) is 5.36. The number of amides is 4. The van der Waals surface area contributed by atoms with Gasteiger partial charge in [0, 0.05) is 13.2 Å². The Bertz CT molecular complexity index is 767. The lowest BCUT2D eigenvalue weighted by molar-refractivity contribution is -0.135. The maximum atomic E-state index is 12.9. The molecular weight excluding hydrogens is 354 g/mol. The fourth-order valence-electron chi connectivity index (χ4n) is 3.15. The predicted molar refractivity (Wildman–Crippen MR) is 94.5 cm³/mol. The van der Waals surface area contributed by atoms with Gasteiger partial charge in [0.25, 0.3) is 5.91 Å². The Kier molecular flexibility index (Phi) is 5.22. The lowest BCUT2D eigenvalue weighted by Gasteiger charge is -2.25. The molecule has 4 amide bonds. The van der Waals surface area contributed by atoms with Crippen LogP contribution in [0.25, 0.3) is 0 Å². The molecule has 0 spiro atoms. The second kappa shape index (κ2) is 7.43. The standard InChI is InChI=1S/C18H23N3O6/c1-11(10-25-3)19-15(22)9-21-16(23)18(2,20-17(21)24)12-4-5-13-14(8-12)27-7-6-26-13/h4-5,8,11H,6-7,9-10H2,1-3H3,(H,19,22)(H,20,24)/t11-,18-/m1/s1. The molecule has 0 aromatic heterocycles. The van der Waals surface area contributed by atoms with Gasteiger partial charge in [0.15, 0.2) is 11.5 Å². The fourth-order valence-corrected chi connectivity index (χ4v) is 3.15. The molecule has 2 aliphatic heterocycles. The molecule has 2 heterocycles. The Balaban J connectivity index is 1.75. The molecule has 9 nitrogen and oxygen atoms in total. The first-order valence-electron chi connectivity index (χ1n) is 8.67. The van der Waals surface area contributed by atoms with E-state index in [1.54, 1.807) is 32.0 Å². The van der Waals surface area contributed by atoms with Crippen molar-refractivity contribution in [3.8, 4) is 11.5 Å². The van der Waals surface area contributed by atoms with Gasteiger partial charge in [0.2, 0.25) is 5.91 Å². The van der Waals surface area contributed by atoms with E-state index in [4.69, 9.17) is 14.2 Å². The van der Waals surface area contributed by atoms with Crippen LogP contribution in [0, 0.1) is 0 Å². The highest BCUT2D eigenvalue weighted by molar-refractivity contribution is 6.09. The second-order valence-corrected chi connectivity index (χ2v) is 6.73. The quantitative estimate of drug-likeness (QED) is 0.694. The second-order valence-electron chi connectivity index (χ2n) is 6.73. The third-order valence-corrected chi connectivity index (χ3v) is 4.52. The van der Waals surface area contributed by atoms with Gasteiger partial charge < -0.3 is 24.8 Å². The third-order valence-electron chi connectivity index (χ3n) is 4.52. The average molecular weight is 377 g/mol. The summed E-state index contributed by atoms with van der Waals surface area (Å²) in [4.78, 5) is 38.3. The average Bonchev–Trinajstić information content (AvgIpc) is 2.85. The van der Waals surface area contributed by atoms with Crippen LogP contribution in [0.15, 0.2) is 18.2 Å². The van der Waals surface area contributed by atoms with E-state index in [1.807, 2.05) is 0 Å². The predicted octanol–water partition coefficient (Wildman–Crippen LogP) is 0.376. The molecule has 0 unspecified atom stereocenters. The van der Waals surface area contributed by atoms with E-state index in [0.717, 1.165) is 4.90 Å². The molecule has 2 N–H and O–H groups in total. The molecule has 27 heavy (non-hydrogen) atoms. The van der Waals surface area contributed by atoms with E-state index in [2.05, 4.69) is 10.6 Å². The summed E-state index contributed by atoms with van der Waals surface area (Å²) in [7, 11) is 1.53. The third kappa shape index (κ3) is 3.68. The molecule has 0 aliphatic carbocycles. The molecule has 0 radical (unpaired) electrons. The Hall–Kier alpha value is -2.81. The highest BCUT2D eigenvalue weighted by Crippen LogP contribution is 2.36. The summed E-state index contributed by atoms with van der Waals surface area (Å²) in [6.45, 7) is 4.22. The molecule has 2 aliphatic rings. The van der Waals surface area contributed by atoms with Gasteiger partial charge in [-0.15, -0.1) is 0 Å². The number of nitrogens with zero attached hydrogens (tertiary/aromatic N) is 1. The molecule has 1 aromatic carbocycles. The van der Waals surface area contributed by atoms with E-state index in [0.29, 0.717) is 36.9 Å². The van der Waals surface area contributed by atoms with Crippen molar-refractivity contribution in [1.82, 2.24) is 15.5 Å². The first kappa shape index (κ1) is 19.0. The lowest BCUT2D eigenvalue weighted by atomic mass is 9.91. The van der Waals surface area contributed by atoms with Crippen molar-refractivity contribution in [1.29, 1.82) is 0 Å². The number of imide groups is 1. The van der Waals surface area contributed by atoms with Crippen LogP contribution in [0.1, 0.15) is 19.4 Å². The van der Waals surface area contributed by atoms with Gasteiger partial charge in [-0.3, -0.25) is 14.5 Å². The van der Waals surface area contributed by atoms with E-state index in [-0.39, 0.29) is 12.6 Å². The number of ether oxygens (including phenoxy) is 3. The largest absolute Gasteiger partial charge is 0.486 e. The highest BCUT2D eigenvalue weighted by Gasteiger charge is 2.49. The zero-order valence-corrected chi connectivity index (χ0v) is 15.5. The number of carbonyl (C=O) groups is 3. The van der Waals surface area contributed by atoms with Crippen molar-refractivity contribution in [2.24, 2.45) is 0 Å². The molecule has 0 saturated carbocycles. The maximum absolute atomic E-state index is 12.9. The zero-order chi connectivity index (χ0) is 19.6. The number of rotatable bonds is 6. The first-order chi connectivity index (χ1) is 12.8. The topological polar surface area (TPSA) is 106 Å². The smallest absolute Gasteiger partial charge is 0.325 e. The molecule has 1 fully saturated rings. The summed E-state index contributed by atoms with van der Waals surface area (Å²) in [5.74, 6) is 0.175. The minimum absolute atomic E-state index is 0.229. The minimum Gasteiger partial charge on any atom is -0.486 e. The molecule has 9 heteroatoms. The van der Waals surface area contributed by atoms with Gasteiger partial charge in [0.1, 0.15) is 25.3 Å².